The van der Waals surface area contributed by atoms with Gasteiger partial charge in [-0.2, -0.15) is 0 Å². The summed E-state index contributed by atoms with van der Waals surface area (Å²) in [7, 11) is 0. The van der Waals surface area contributed by atoms with Gasteiger partial charge in [0.05, 0.1) is 35.8 Å². The summed E-state index contributed by atoms with van der Waals surface area (Å²) >= 11 is 0. The number of nitrogens with zero attached hydrogens (tertiary/aromatic N) is 2. The van der Waals surface area contributed by atoms with E-state index in [9.17, 15) is 14.4 Å². The Bertz CT molecular complexity index is 954. The summed E-state index contributed by atoms with van der Waals surface area (Å²) in [4.78, 5) is 43.2. The van der Waals surface area contributed by atoms with Crippen LogP contribution in [-0.2, 0) is 20.8 Å². The molecule has 1 aromatic heterocycles. The smallest absolute Gasteiger partial charge is 0.238 e. The fourth-order valence-electron chi connectivity index (χ4n) is 4.75. The van der Waals surface area contributed by atoms with Gasteiger partial charge in [0.15, 0.2) is 0 Å². The molecule has 2 aromatic rings. The average molecular weight is 373 g/mol. The molecule has 1 saturated heterocycles. The van der Waals surface area contributed by atoms with Crippen LogP contribution < -0.4 is 10.2 Å². The topological polar surface area (TPSA) is 79.4 Å². The van der Waals surface area contributed by atoms with Gasteiger partial charge >= 0.3 is 0 Å². The molecule has 2 aliphatic carbocycles. The standard InChI is InChI=1S/C22H19N3O3/c26-18(24-16-2-1-9-23-12-16)10-13-3-7-17(8-4-13)25-21(27)19-14-5-6-15(11-14)20(19)22(25)28/h1-9,12,14-15,19-20H,10-11H2,(H,24,26). The zero-order valence-corrected chi connectivity index (χ0v) is 15.1. The van der Waals surface area contributed by atoms with Crippen LogP contribution in [0.3, 0.4) is 0 Å². The molecule has 4 atom stereocenters. The van der Waals surface area contributed by atoms with Crippen molar-refractivity contribution in [3.05, 3.63) is 66.5 Å². The zero-order chi connectivity index (χ0) is 19.3. The molecular weight excluding hydrogens is 354 g/mol. The van der Waals surface area contributed by atoms with E-state index in [0.29, 0.717) is 11.4 Å². The fraction of sp³-hybridized carbons (Fsp3) is 0.273. The van der Waals surface area contributed by atoms with Gasteiger partial charge in [-0.3, -0.25) is 24.3 Å². The number of benzene rings is 1. The SMILES string of the molecule is O=C(Cc1ccc(N2C(=O)C3C4C=CC(C4)C3C2=O)cc1)Nc1cccnc1. The number of rotatable bonds is 4. The lowest BCUT2D eigenvalue weighted by atomic mass is 9.85. The predicted molar refractivity (Wildman–Crippen MR) is 103 cm³/mol. The molecule has 5 rings (SSSR count). The molecule has 2 fully saturated rings. The minimum absolute atomic E-state index is 0.0890. The van der Waals surface area contributed by atoms with E-state index >= 15 is 0 Å². The molecule has 1 aromatic carbocycles. The molecule has 1 N–H and O–H groups in total. The molecule has 2 heterocycles. The first-order valence-electron chi connectivity index (χ1n) is 9.47. The molecular formula is C22H19N3O3. The number of imide groups is 1. The third-order valence-electron chi connectivity index (χ3n) is 5.97. The quantitative estimate of drug-likeness (QED) is 0.660. The first-order chi connectivity index (χ1) is 13.6. The Morgan fingerprint density at radius 3 is 2.32 bits per heavy atom. The van der Waals surface area contributed by atoms with E-state index < -0.39 is 0 Å². The number of nitrogens with one attached hydrogen (secondary N) is 1. The van der Waals surface area contributed by atoms with Crippen molar-refractivity contribution in [2.45, 2.75) is 12.8 Å². The van der Waals surface area contributed by atoms with Gasteiger partial charge in [-0.25, -0.2) is 0 Å². The highest BCUT2D eigenvalue weighted by atomic mass is 16.2. The van der Waals surface area contributed by atoms with Crippen LogP contribution in [0.25, 0.3) is 0 Å². The van der Waals surface area contributed by atoms with Crippen molar-refractivity contribution in [1.29, 1.82) is 0 Å². The summed E-state index contributed by atoms with van der Waals surface area (Å²) in [6.45, 7) is 0. The molecule has 1 aliphatic heterocycles. The Labute approximate surface area is 162 Å². The maximum atomic E-state index is 12.9. The van der Waals surface area contributed by atoms with E-state index in [4.69, 9.17) is 0 Å². The second kappa shape index (κ2) is 6.41. The van der Waals surface area contributed by atoms with Crippen LogP contribution in [-0.4, -0.2) is 22.7 Å². The van der Waals surface area contributed by atoms with Crippen molar-refractivity contribution in [3.8, 4) is 0 Å². The Hall–Kier alpha value is -3.28. The number of pyridine rings is 1. The summed E-state index contributed by atoms with van der Waals surface area (Å²) in [5.41, 5.74) is 2.04. The molecule has 6 heteroatoms. The van der Waals surface area contributed by atoms with E-state index in [2.05, 4.69) is 22.5 Å². The highest BCUT2D eigenvalue weighted by Crippen LogP contribution is 2.53. The first kappa shape index (κ1) is 16.9. The van der Waals surface area contributed by atoms with Crippen molar-refractivity contribution in [2.24, 2.45) is 23.7 Å². The number of aromatic nitrogens is 1. The third kappa shape index (κ3) is 2.64. The van der Waals surface area contributed by atoms with E-state index in [1.165, 1.54) is 4.90 Å². The summed E-state index contributed by atoms with van der Waals surface area (Å²) in [5, 5.41) is 2.79. The first-order valence-corrected chi connectivity index (χ1v) is 9.47. The zero-order valence-electron chi connectivity index (χ0n) is 15.1. The van der Waals surface area contributed by atoms with E-state index in [-0.39, 0.29) is 47.8 Å². The second-order valence-electron chi connectivity index (χ2n) is 7.64. The van der Waals surface area contributed by atoms with Crippen molar-refractivity contribution in [3.63, 3.8) is 0 Å². The van der Waals surface area contributed by atoms with Gasteiger partial charge in [0.2, 0.25) is 17.7 Å². The van der Waals surface area contributed by atoms with Crippen LogP contribution in [0.15, 0.2) is 60.9 Å². The van der Waals surface area contributed by atoms with Crippen LogP contribution in [0.1, 0.15) is 12.0 Å². The minimum Gasteiger partial charge on any atom is -0.324 e. The van der Waals surface area contributed by atoms with Crippen molar-refractivity contribution >= 4 is 29.1 Å². The second-order valence-corrected chi connectivity index (χ2v) is 7.64. The number of hydrogen-bond acceptors (Lipinski definition) is 4. The van der Waals surface area contributed by atoms with Crippen molar-refractivity contribution < 1.29 is 14.4 Å². The van der Waals surface area contributed by atoms with Gasteiger partial charge < -0.3 is 5.32 Å². The molecule has 2 bridgehead atoms. The van der Waals surface area contributed by atoms with Gasteiger partial charge in [-0.1, -0.05) is 24.3 Å². The number of amides is 3. The highest BCUT2D eigenvalue weighted by molar-refractivity contribution is 6.22. The number of carbonyl (C=O) groups excluding carboxylic acids is 3. The van der Waals surface area contributed by atoms with Gasteiger partial charge in [0.25, 0.3) is 0 Å². The summed E-state index contributed by atoms with van der Waals surface area (Å²) in [6, 6.07) is 10.6. The van der Waals surface area contributed by atoms with Gasteiger partial charge in [-0.05, 0) is 48.1 Å². The van der Waals surface area contributed by atoms with Gasteiger partial charge in [0, 0.05) is 6.20 Å². The Morgan fingerprint density at radius 1 is 1.04 bits per heavy atom. The Kier molecular flexibility index (Phi) is 3.86. The molecule has 140 valence electrons. The molecule has 3 amide bonds. The van der Waals surface area contributed by atoms with Crippen LogP contribution in [0.5, 0.6) is 0 Å². The highest BCUT2D eigenvalue weighted by Gasteiger charge is 2.59. The van der Waals surface area contributed by atoms with Crippen molar-refractivity contribution in [2.75, 3.05) is 10.2 Å². The minimum atomic E-state index is -0.201. The van der Waals surface area contributed by atoms with E-state index in [1.807, 2.05) is 0 Å². The number of carbonyl (C=O) groups is 3. The average Bonchev–Trinajstić information content (AvgIpc) is 3.37. The number of fused-ring (bicyclic) bond motifs is 5. The fourth-order valence-corrected chi connectivity index (χ4v) is 4.75. The Morgan fingerprint density at radius 2 is 1.71 bits per heavy atom. The van der Waals surface area contributed by atoms with Gasteiger partial charge in [-0.15, -0.1) is 0 Å². The molecule has 4 unspecified atom stereocenters. The van der Waals surface area contributed by atoms with Crippen LogP contribution >= 0.6 is 0 Å². The van der Waals surface area contributed by atoms with Crippen LogP contribution in [0.4, 0.5) is 11.4 Å². The van der Waals surface area contributed by atoms with Crippen LogP contribution in [0, 0.1) is 23.7 Å². The monoisotopic (exact) mass is 373 g/mol. The largest absolute Gasteiger partial charge is 0.324 e. The summed E-state index contributed by atoms with van der Waals surface area (Å²) in [5.74, 6) is -0.326. The van der Waals surface area contributed by atoms with E-state index in [0.717, 1.165) is 12.0 Å². The summed E-state index contributed by atoms with van der Waals surface area (Å²) in [6.07, 6.45) is 8.53. The number of anilines is 2. The lowest BCUT2D eigenvalue weighted by Gasteiger charge is -2.17. The normalized spacial score (nSPS) is 27.4. The van der Waals surface area contributed by atoms with Crippen LogP contribution in [0.2, 0.25) is 0 Å². The molecule has 28 heavy (non-hydrogen) atoms. The predicted octanol–water partition coefficient (Wildman–Crippen LogP) is 2.57. The number of hydrogen-bond donors (Lipinski definition) is 1. The Balaban J connectivity index is 1.29. The maximum Gasteiger partial charge on any atom is 0.238 e. The van der Waals surface area contributed by atoms with E-state index in [1.54, 1.807) is 48.8 Å². The lowest BCUT2D eigenvalue weighted by molar-refractivity contribution is -0.123. The molecule has 6 nitrogen and oxygen atoms in total. The lowest BCUT2D eigenvalue weighted by Crippen LogP contribution is -2.32. The van der Waals surface area contributed by atoms with Gasteiger partial charge in [0.1, 0.15) is 0 Å². The number of allylic oxidation sites excluding steroid dienone is 2. The molecule has 3 aliphatic rings. The third-order valence-corrected chi connectivity index (χ3v) is 5.97. The molecule has 1 saturated carbocycles. The maximum absolute atomic E-state index is 12.9. The summed E-state index contributed by atoms with van der Waals surface area (Å²) < 4.78 is 0. The molecule has 0 radical (unpaired) electrons. The molecule has 0 spiro atoms. The van der Waals surface area contributed by atoms with Crippen molar-refractivity contribution in [1.82, 2.24) is 4.98 Å².